The summed E-state index contributed by atoms with van der Waals surface area (Å²) in [5.74, 6) is -0.819. The van der Waals surface area contributed by atoms with Gasteiger partial charge in [0.2, 0.25) is 0 Å². The van der Waals surface area contributed by atoms with E-state index in [2.05, 4.69) is 22.5 Å². The molecule has 2 N–H and O–H groups in total. The van der Waals surface area contributed by atoms with Crippen molar-refractivity contribution in [2.45, 2.75) is 19.3 Å². The molecule has 1 aromatic heterocycles. The molecule has 5 nitrogen and oxygen atoms in total. The van der Waals surface area contributed by atoms with E-state index in [1.807, 2.05) is 0 Å². The molecule has 1 unspecified atom stereocenters. The molecule has 0 spiro atoms. The summed E-state index contributed by atoms with van der Waals surface area (Å²) in [5, 5.41) is 11.6. The lowest BCUT2D eigenvalue weighted by molar-refractivity contribution is 0.0689. The van der Waals surface area contributed by atoms with Crippen molar-refractivity contribution in [3.63, 3.8) is 0 Å². The zero-order valence-electron chi connectivity index (χ0n) is 10.5. The van der Waals surface area contributed by atoms with Crippen molar-refractivity contribution in [1.29, 1.82) is 0 Å². The SMILES string of the molecule is O=C(NCC1CC=CCC1)c1ccc(C(=O)O)nc1. The second kappa shape index (κ2) is 6.13. The lowest BCUT2D eigenvalue weighted by Gasteiger charge is -2.18. The second-order valence-electron chi connectivity index (χ2n) is 4.60. The predicted molar refractivity (Wildman–Crippen MR) is 70.0 cm³/mol. The van der Waals surface area contributed by atoms with Crippen LogP contribution < -0.4 is 5.32 Å². The fourth-order valence-corrected chi connectivity index (χ4v) is 2.04. The molecule has 1 aliphatic carbocycles. The Labute approximate surface area is 111 Å². The van der Waals surface area contributed by atoms with Crippen LogP contribution in [0.1, 0.15) is 40.1 Å². The van der Waals surface area contributed by atoms with E-state index in [-0.39, 0.29) is 11.6 Å². The van der Waals surface area contributed by atoms with E-state index in [0.29, 0.717) is 18.0 Å². The lowest BCUT2D eigenvalue weighted by Crippen LogP contribution is -2.29. The molecule has 0 aliphatic heterocycles. The van der Waals surface area contributed by atoms with Gasteiger partial charge in [0.15, 0.2) is 0 Å². The number of hydrogen-bond acceptors (Lipinski definition) is 3. The maximum Gasteiger partial charge on any atom is 0.354 e. The number of carbonyl (C=O) groups is 2. The highest BCUT2D eigenvalue weighted by atomic mass is 16.4. The van der Waals surface area contributed by atoms with Gasteiger partial charge in [0, 0.05) is 12.7 Å². The first-order valence-electron chi connectivity index (χ1n) is 6.29. The highest BCUT2D eigenvalue weighted by Crippen LogP contribution is 2.17. The van der Waals surface area contributed by atoms with Gasteiger partial charge in [-0.1, -0.05) is 12.2 Å². The third-order valence-electron chi connectivity index (χ3n) is 3.17. The fourth-order valence-electron chi connectivity index (χ4n) is 2.04. The van der Waals surface area contributed by atoms with Gasteiger partial charge in [0.25, 0.3) is 5.91 Å². The number of amides is 1. The van der Waals surface area contributed by atoms with Gasteiger partial charge in [-0.2, -0.15) is 0 Å². The Hall–Kier alpha value is -2.17. The Bertz CT molecular complexity index is 494. The molecule has 0 saturated carbocycles. The van der Waals surface area contributed by atoms with Gasteiger partial charge < -0.3 is 10.4 Å². The Morgan fingerprint density at radius 2 is 2.21 bits per heavy atom. The maximum atomic E-state index is 11.9. The highest BCUT2D eigenvalue weighted by molar-refractivity contribution is 5.94. The Morgan fingerprint density at radius 1 is 1.37 bits per heavy atom. The van der Waals surface area contributed by atoms with Crippen LogP contribution in [0, 0.1) is 5.92 Å². The van der Waals surface area contributed by atoms with Gasteiger partial charge in [0.1, 0.15) is 5.69 Å². The molecule has 0 radical (unpaired) electrons. The van der Waals surface area contributed by atoms with Crippen LogP contribution in [0.2, 0.25) is 0 Å². The van der Waals surface area contributed by atoms with E-state index in [1.54, 1.807) is 0 Å². The summed E-state index contributed by atoms with van der Waals surface area (Å²) in [7, 11) is 0. The minimum absolute atomic E-state index is 0.0611. The molecular formula is C14H16N2O3. The van der Waals surface area contributed by atoms with Crippen molar-refractivity contribution in [2.75, 3.05) is 6.54 Å². The van der Waals surface area contributed by atoms with Crippen molar-refractivity contribution in [2.24, 2.45) is 5.92 Å². The standard InChI is InChI=1S/C14H16N2O3/c17-13(16-8-10-4-2-1-3-5-10)11-6-7-12(14(18)19)15-9-11/h1-2,6-7,9-10H,3-5,8H2,(H,16,17)(H,18,19). The first kappa shape index (κ1) is 13.3. The number of carboxylic acid groups (broad SMARTS) is 1. The van der Waals surface area contributed by atoms with Gasteiger partial charge in [-0.25, -0.2) is 9.78 Å². The fraction of sp³-hybridized carbons (Fsp3) is 0.357. The molecule has 0 saturated heterocycles. The van der Waals surface area contributed by atoms with Gasteiger partial charge in [-0.3, -0.25) is 4.79 Å². The highest BCUT2D eigenvalue weighted by Gasteiger charge is 2.13. The van der Waals surface area contributed by atoms with Gasteiger partial charge in [-0.05, 0) is 37.3 Å². The normalized spacial score (nSPS) is 18.0. The molecule has 0 bridgehead atoms. The number of nitrogens with one attached hydrogen (secondary N) is 1. The summed E-state index contributed by atoms with van der Waals surface area (Å²) >= 11 is 0. The quantitative estimate of drug-likeness (QED) is 0.810. The Balaban J connectivity index is 1.88. The molecule has 19 heavy (non-hydrogen) atoms. The van der Waals surface area contributed by atoms with E-state index in [9.17, 15) is 9.59 Å². The van der Waals surface area contributed by atoms with Gasteiger partial charge in [-0.15, -0.1) is 0 Å². The average molecular weight is 260 g/mol. The van der Waals surface area contributed by atoms with E-state index in [0.717, 1.165) is 19.3 Å². The van der Waals surface area contributed by atoms with E-state index in [4.69, 9.17) is 5.11 Å². The molecule has 1 heterocycles. The number of hydrogen-bond donors (Lipinski definition) is 2. The average Bonchev–Trinajstić information content (AvgIpc) is 2.46. The predicted octanol–water partition coefficient (Wildman–Crippen LogP) is 1.87. The second-order valence-corrected chi connectivity index (χ2v) is 4.60. The van der Waals surface area contributed by atoms with Crippen LogP contribution in [0.5, 0.6) is 0 Å². The zero-order valence-corrected chi connectivity index (χ0v) is 10.5. The van der Waals surface area contributed by atoms with Crippen LogP contribution in [-0.2, 0) is 0 Å². The van der Waals surface area contributed by atoms with Crippen LogP contribution >= 0.6 is 0 Å². The number of allylic oxidation sites excluding steroid dienone is 2. The van der Waals surface area contributed by atoms with E-state index >= 15 is 0 Å². The smallest absolute Gasteiger partial charge is 0.354 e. The summed E-state index contributed by atoms with van der Waals surface area (Å²) in [6.07, 6.45) is 8.74. The van der Waals surface area contributed by atoms with Gasteiger partial charge in [0.05, 0.1) is 5.56 Å². The van der Waals surface area contributed by atoms with Crippen LogP contribution in [0.15, 0.2) is 30.5 Å². The summed E-state index contributed by atoms with van der Waals surface area (Å²) < 4.78 is 0. The minimum Gasteiger partial charge on any atom is -0.477 e. The zero-order chi connectivity index (χ0) is 13.7. The molecule has 1 amide bonds. The van der Waals surface area contributed by atoms with Crippen LogP contribution in [0.25, 0.3) is 0 Å². The van der Waals surface area contributed by atoms with Crippen molar-refractivity contribution in [3.8, 4) is 0 Å². The third-order valence-corrected chi connectivity index (χ3v) is 3.17. The van der Waals surface area contributed by atoms with Crippen molar-refractivity contribution >= 4 is 11.9 Å². The van der Waals surface area contributed by atoms with Crippen molar-refractivity contribution < 1.29 is 14.7 Å². The monoisotopic (exact) mass is 260 g/mol. The largest absolute Gasteiger partial charge is 0.477 e. The first-order chi connectivity index (χ1) is 9.16. The lowest BCUT2D eigenvalue weighted by atomic mass is 9.94. The molecule has 1 aliphatic rings. The number of aromatic nitrogens is 1. The summed E-state index contributed by atoms with van der Waals surface area (Å²) in [6, 6.07) is 2.81. The van der Waals surface area contributed by atoms with Crippen LogP contribution in [0.3, 0.4) is 0 Å². The number of nitrogens with zero attached hydrogens (tertiary/aromatic N) is 1. The molecular weight excluding hydrogens is 244 g/mol. The molecule has 0 aromatic carbocycles. The maximum absolute atomic E-state index is 11.9. The molecule has 0 fully saturated rings. The number of pyridine rings is 1. The molecule has 1 aromatic rings. The summed E-state index contributed by atoms with van der Waals surface area (Å²) in [5.41, 5.74) is 0.324. The van der Waals surface area contributed by atoms with Crippen molar-refractivity contribution in [3.05, 3.63) is 41.7 Å². The molecule has 100 valence electrons. The number of carbonyl (C=O) groups excluding carboxylic acids is 1. The number of carboxylic acids is 1. The molecule has 1 atom stereocenters. The van der Waals surface area contributed by atoms with Crippen molar-refractivity contribution in [1.82, 2.24) is 10.3 Å². The Kier molecular flexibility index (Phi) is 4.28. The summed E-state index contributed by atoms with van der Waals surface area (Å²) in [6.45, 7) is 0.643. The van der Waals surface area contributed by atoms with Crippen LogP contribution in [-0.4, -0.2) is 28.5 Å². The molecule has 5 heteroatoms. The Morgan fingerprint density at radius 3 is 2.79 bits per heavy atom. The van der Waals surface area contributed by atoms with E-state index < -0.39 is 5.97 Å². The minimum atomic E-state index is -1.10. The topological polar surface area (TPSA) is 79.3 Å². The molecule has 2 rings (SSSR count). The van der Waals surface area contributed by atoms with Crippen LogP contribution in [0.4, 0.5) is 0 Å². The summed E-state index contributed by atoms with van der Waals surface area (Å²) in [4.78, 5) is 26.2. The van der Waals surface area contributed by atoms with Gasteiger partial charge >= 0.3 is 5.97 Å². The first-order valence-corrected chi connectivity index (χ1v) is 6.29. The van der Waals surface area contributed by atoms with E-state index in [1.165, 1.54) is 18.3 Å². The number of rotatable bonds is 4. The number of aromatic carboxylic acids is 1. The third kappa shape index (κ3) is 3.64.